The van der Waals surface area contributed by atoms with Crippen LogP contribution in [-0.2, 0) is 13.2 Å². The first-order valence-electron chi connectivity index (χ1n) is 9.57. The van der Waals surface area contributed by atoms with E-state index >= 15 is 0 Å². The number of rotatable bonds is 9. The molecular formula is C23H19Cl3FNO4. The van der Waals surface area contributed by atoms with Crippen molar-refractivity contribution in [3.8, 4) is 11.5 Å². The third-order valence-electron chi connectivity index (χ3n) is 4.49. The number of hydrogen-bond donors (Lipinski definition) is 2. The molecule has 0 fully saturated rings. The molecule has 9 heteroatoms. The van der Waals surface area contributed by atoms with Gasteiger partial charge in [0, 0.05) is 12.1 Å². The number of halogens is 4. The van der Waals surface area contributed by atoms with Crippen LogP contribution in [-0.4, -0.2) is 17.7 Å². The summed E-state index contributed by atoms with van der Waals surface area (Å²) in [4.78, 5) is 11.2. The Balaban J connectivity index is 1.81. The summed E-state index contributed by atoms with van der Waals surface area (Å²) in [6.45, 7) is 2.34. The number of hydrogen-bond acceptors (Lipinski definition) is 4. The zero-order valence-corrected chi connectivity index (χ0v) is 19.2. The van der Waals surface area contributed by atoms with Gasteiger partial charge in [-0.2, -0.15) is 0 Å². The van der Waals surface area contributed by atoms with Crippen molar-refractivity contribution < 1.29 is 23.8 Å². The van der Waals surface area contributed by atoms with Crippen LogP contribution in [0.2, 0.25) is 15.1 Å². The number of benzene rings is 3. The summed E-state index contributed by atoms with van der Waals surface area (Å²) in [7, 11) is 0. The molecule has 0 aliphatic rings. The minimum atomic E-state index is -1.05. The molecule has 2 N–H and O–H groups in total. The summed E-state index contributed by atoms with van der Waals surface area (Å²) >= 11 is 18.7. The minimum absolute atomic E-state index is 0.112. The van der Waals surface area contributed by atoms with Crippen LogP contribution in [0.15, 0.2) is 48.5 Å². The van der Waals surface area contributed by atoms with Gasteiger partial charge in [0.05, 0.1) is 32.9 Å². The SMILES string of the molecule is CCOc1cc(CNc2cc(C(=O)O)ccc2Cl)cc(Cl)c1OCc1c(F)cccc1Cl. The summed E-state index contributed by atoms with van der Waals surface area (Å²) in [5.41, 5.74) is 1.54. The maximum Gasteiger partial charge on any atom is 0.335 e. The molecule has 168 valence electrons. The molecule has 0 spiro atoms. The molecule has 0 unspecified atom stereocenters. The van der Waals surface area contributed by atoms with Gasteiger partial charge in [-0.3, -0.25) is 0 Å². The molecule has 0 bridgehead atoms. The number of aromatic carboxylic acids is 1. The summed E-state index contributed by atoms with van der Waals surface area (Å²) in [6.07, 6.45) is 0. The Morgan fingerprint density at radius 1 is 1.03 bits per heavy atom. The van der Waals surface area contributed by atoms with E-state index in [1.165, 1.54) is 30.3 Å². The van der Waals surface area contributed by atoms with Gasteiger partial charge < -0.3 is 19.9 Å². The quantitative estimate of drug-likeness (QED) is 0.330. The van der Waals surface area contributed by atoms with Gasteiger partial charge in [-0.05, 0) is 55.0 Å². The topological polar surface area (TPSA) is 67.8 Å². The van der Waals surface area contributed by atoms with Crippen molar-refractivity contribution in [3.05, 3.63) is 86.1 Å². The van der Waals surface area contributed by atoms with Gasteiger partial charge in [-0.1, -0.05) is 40.9 Å². The molecule has 3 aromatic carbocycles. The summed E-state index contributed by atoms with van der Waals surface area (Å²) < 4.78 is 25.5. The van der Waals surface area contributed by atoms with Crippen molar-refractivity contribution in [2.24, 2.45) is 0 Å². The second-order valence-electron chi connectivity index (χ2n) is 6.68. The normalized spacial score (nSPS) is 10.7. The lowest BCUT2D eigenvalue weighted by atomic mass is 10.1. The Bertz CT molecular complexity index is 1120. The molecule has 32 heavy (non-hydrogen) atoms. The van der Waals surface area contributed by atoms with E-state index in [9.17, 15) is 9.18 Å². The Labute approximate surface area is 199 Å². The molecule has 0 aliphatic carbocycles. The van der Waals surface area contributed by atoms with Crippen molar-refractivity contribution in [2.75, 3.05) is 11.9 Å². The molecule has 0 amide bonds. The number of nitrogens with one attached hydrogen (secondary N) is 1. The molecule has 0 aliphatic heterocycles. The highest BCUT2D eigenvalue weighted by Gasteiger charge is 2.16. The third kappa shape index (κ3) is 5.76. The van der Waals surface area contributed by atoms with Crippen LogP contribution in [0.5, 0.6) is 11.5 Å². The highest BCUT2D eigenvalue weighted by molar-refractivity contribution is 6.33. The van der Waals surface area contributed by atoms with E-state index in [-0.39, 0.29) is 33.5 Å². The average molecular weight is 499 g/mol. The predicted molar refractivity (Wildman–Crippen MR) is 124 cm³/mol. The Kier molecular flexibility index (Phi) is 8.07. The predicted octanol–water partition coefficient (Wildman–Crippen LogP) is 7.07. The second-order valence-corrected chi connectivity index (χ2v) is 7.90. The first kappa shape index (κ1) is 24.0. The Morgan fingerprint density at radius 3 is 2.50 bits per heavy atom. The molecule has 3 rings (SSSR count). The average Bonchev–Trinajstić information content (AvgIpc) is 2.74. The van der Waals surface area contributed by atoms with Crippen molar-refractivity contribution in [2.45, 2.75) is 20.1 Å². The van der Waals surface area contributed by atoms with Gasteiger partial charge in [-0.15, -0.1) is 0 Å². The molecule has 0 atom stereocenters. The van der Waals surface area contributed by atoms with Crippen LogP contribution < -0.4 is 14.8 Å². The summed E-state index contributed by atoms with van der Waals surface area (Å²) in [6, 6.07) is 12.2. The standard InChI is InChI=1S/C23H19Cl3FNO4/c1-2-31-21-9-13(11-28-20-10-14(23(29)30)6-7-17(20)25)8-18(26)22(21)32-12-15-16(24)4-3-5-19(15)27/h3-10,28H,2,11-12H2,1H3,(H,29,30). The smallest absolute Gasteiger partial charge is 0.335 e. The van der Waals surface area contributed by atoms with E-state index in [4.69, 9.17) is 49.4 Å². The van der Waals surface area contributed by atoms with E-state index in [0.29, 0.717) is 29.6 Å². The summed E-state index contributed by atoms with van der Waals surface area (Å²) in [5.74, 6) is -0.882. The molecule has 3 aromatic rings. The first-order chi connectivity index (χ1) is 15.3. The first-order valence-corrected chi connectivity index (χ1v) is 10.7. The van der Waals surface area contributed by atoms with Gasteiger partial charge in [0.25, 0.3) is 0 Å². The minimum Gasteiger partial charge on any atom is -0.490 e. The van der Waals surface area contributed by atoms with Crippen LogP contribution in [0.3, 0.4) is 0 Å². The number of ether oxygens (including phenoxy) is 2. The van der Waals surface area contributed by atoms with E-state index in [2.05, 4.69) is 5.32 Å². The van der Waals surface area contributed by atoms with Crippen LogP contribution in [0.25, 0.3) is 0 Å². The van der Waals surface area contributed by atoms with Crippen LogP contribution in [0.4, 0.5) is 10.1 Å². The molecule has 0 radical (unpaired) electrons. The zero-order valence-electron chi connectivity index (χ0n) is 16.9. The molecule has 0 saturated heterocycles. The summed E-state index contributed by atoms with van der Waals surface area (Å²) in [5, 5.41) is 13.2. The van der Waals surface area contributed by atoms with Crippen LogP contribution in [0, 0.1) is 5.82 Å². The van der Waals surface area contributed by atoms with Gasteiger partial charge in [-0.25, -0.2) is 9.18 Å². The highest BCUT2D eigenvalue weighted by atomic mass is 35.5. The molecule has 0 saturated carbocycles. The fourth-order valence-electron chi connectivity index (χ4n) is 2.93. The van der Waals surface area contributed by atoms with Gasteiger partial charge >= 0.3 is 5.97 Å². The van der Waals surface area contributed by atoms with Gasteiger partial charge in [0.1, 0.15) is 12.4 Å². The number of carboxylic acid groups (broad SMARTS) is 1. The lowest BCUT2D eigenvalue weighted by Gasteiger charge is -2.17. The molecule has 0 aromatic heterocycles. The maximum absolute atomic E-state index is 14.1. The zero-order chi connectivity index (χ0) is 23.3. The van der Waals surface area contributed by atoms with Crippen LogP contribution >= 0.6 is 34.8 Å². The van der Waals surface area contributed by atoms with E-state index < -0.39 is 11.8 Å². The molecule has 0 heterocycles. The van der Waals surface area contributed by atoms with Crippen LogP contribution in [0.1, 0.15) is 28.4 Å². The van der Waals surface area contributed by atoms with Crippen molar-refractivity contribution in [3.63, 3.8) is 0 Å². The Hall–Kier alpha value is -2.67. The largest absolute Gasteiger partial charge is 0.490 e. The Morgan fingerprint density at radius 2 is 1.81 bits per heavy atom. The van der Waals surface area contributed by atoms with Crippen molar-refractivity contribution in [1.82, 2.24) is 0 Å². The lowest BCUT2D eigenvalue weighted by Crippen LogP contribution is -2.06. The van der Waals surface area contributed by atoms with E-state index in [0.717, 1.165) is 5.56 Å². The molecule has 5 nitrogen and oxygen atoms in total. The van der Waals surface area contributed by atoms with Gasteiger partial charge in [0.15, 0.2) is 11.5 Å². The monoisotopic (exact) mass is 497 g/mol. The second kappa shape index (κ2) is 10.8. The third-order valence-corrected chi connectivity index (χ3v) is 5.45. The number of carboxylic acids is 1. The van der Waals surface area contributed by atoms with E-state index in [1.54, 1.807) is 18.2 Å². The van der Waals surface area contributed by atoms with Crippen molar-refractivity contribution in [1.29, 1.82) is 0 Å². The number of anilines is 1. The van der Waals surface area contributed by atoms with E-state index in [1.807, 2.05) is 6.92 Å². The number of carbonyl (C=O) groups is 1. The lowest BCUT2D eigenvalue weighted by molar-refractivity contribution is 0.0697. The van der Waals surface area contributed by atoms with Gasteiger partial charge in [0.2, 0.25) is 0 Å². The fraction of sp³-hybridized carbons (Fsp3) is 0.174. The highest BCUT2D eigenvalue weighted by Crippen LogP contribution is 2.38. The van der Waals surface area contributed by atoms with Crippen molar-refractivity contribution >= 4 is 46.5 Å². The maximum atomic E-state index is 14.1. The fourth-order valence-corrected chi connectivity index (χ4v) is 3.62. The molecular weight excluding hydrogens is 480 g/mol.